The van der Waals surface area contributed by atoms with Crippen molar-refractivity contribution in [3.05, 3.63) is 35.5 Å². The molecule has 2 rings (SSSR count). The highest BCUT2D eigenvalue weighted by Gasteiger charge is 2.26. The van der Waals surface area contributed by atoms with Gasteiger partial charge in [-0.2, -0.15) is 0 Å². The lowest BCUT2D eigenvalue weighted by Crippen LogP contribution is -2.43. The van der Waals surface area contributed by atoms with Crippen LogP contribution in [0.3, 0.4) is 0 Å². The molecule has 0 spiro atoms. The lowest BCUT2D eigenvalue weighted by Gasteiger charge is -2.26. The van der Waals surface area contributed by atoms with Crippen molar-refractivity contribution in [2.24, 2.45) is 5.92 Å². The molecule has 2 aromatic rings. The third kappa shape index (κ3) is 4.96. The molecular weight excluding hydrogens is 344 g/mol. The van der Waals surface area contributed by atoms with Crippen LogP contribution in [-0.2, 0) is 9.53 Å². The van der Waals surface area contributed by atoms with Gasteiger partial charge in [0.2, 0.25) is 5.91 Å². The van der Waals surface area contributed by atoms with Crippen LogP contribution < -0.4 is 10.1 Å². The van der Waals surface area contributed by atoms with Crippen LogP contribution in [0.25, 0.3) is 10.9 Å². The standard InChI is InChI=1S/C21H28N2O4/c1-6-10-17(24)23-20(13(3)4)27-19-15-11-8-9-12-16(15)22-14(5)18(19)21(25)26-7-2/h8-9,11-13,20H,6-7,10H2,1-5H3,(H,23,24). The van der Waals surface area contributed by atoms with E-state index in [0.29, 0.717) is 28.8 Å². The third-order valence-corrected chi connectivity index (χ3v) is 4.14. The maximum absolute atomic E-state index is 12.6. The summed E-state index contributed by atoms with van der Waals surface area (Å²) in [5.41, 5.74) is 1.55. The second kappa shape index (κ2) is 9.35. The molecule has 6 nitrogen and oxygen atoms in total. The monoisotopic (exact) mass is 372 g/mol. The van der Waals surface area contributed by atoms with Gasteiger partial charge in [0.15, 0.2) is 6.23 Å². The number of nitrogens with zero attached hydrogens (tertiary/aromatic N) is 1. The molecule has 0 aliphatic rings. The number of rotatable bonds is 8. The number of ether oxygens (including phenoxy) is 2. The van der Waals surface area contributed by atoms with Crippen molar-refractivity contribution in [3.63, 3.8) is 0 Å². The Balaban J connectivity index is 2.54. The molecule has 1 aromatic heterocycles. The van der Waals surface area contributed by atoms with Crippen molar-refractivity contribution in [2.45, 2.75) is 53.7 Å². The lowest BCUT2D eigenvalue weighted by molar-refractivity contribution is -0.124. The van der Waals surface area contributed by atoms with Gasteiger partial charge in [0.05, 0.1) is 17.8 Å². The van der Waals surface area contributed by atoms with Crippen LogP contribution in [0.5, 0.6) is 5.75 Å². The minimum absolute atomic E-state index is 0.00749. The van der Waals surface area contributed by atoms with Gasteiger partial charge in [0.1, 0.15) is 11.3 Å². The lowest BCUT2D eigenvalue weighted by atomic mass is 10.1. The summed E-state index contributed by atoms with van der Waals surface area (Å²) < 4.78 is 11.4. The van der Waals surface area contributed by atoms with E-state index < -0.39 is 12.2 Å². The first-order chi connectivity index (χ1) is 12.9. The first-order valence-corrected chi connectivity index (χ1v) is 9.41. The molecular formula is C21H28N2O4. The van der Waals surface area contributed by atoms with Gasteiger partial charge < -0.3 is 14.8 Å². The van der Waals surface area contributed by atoms with Crippen molar-refractivity contribution in [3.8, 4) is 5.75 Å². The Kier molecular flexibility index (Phi) is 7.16. The van der Waals surface area contributed by atoms with Crippen molar-refractivity contribution >= 4 is 22.8 Å². The van der Waals surface area contributed by atoms with E-state index in [2.05, 4.69) is 10.3 Å². The number of nitrogens with one attached hydrogen (secondary N) is 1. The fraction of sp³-hybridized carbons (Fsp3) is 0.476. The molecule has 0 aliphatic heterocycles. The summed E-state index contributed by atoms with van der Waals surface area (Å²) in [6, 6.07) is 7.46. The summed E-state index contributed by atoms with van der Waals surface area (Å²) in [5.74, 6) is -0.158. The Hall–Kier alpha value is -2.63. The molecule has 0 saturated heterocycles. The highest BCUT2D eigenvalue weighted by molar-refractivity contribution is 6.01. The molecule has 1 N–H and O–H groups in total. The number of hydrogen-bond donors (Lipinski definition) is 1. The van der Waals surface area contributed by atoms with Gasteiger partial charge in [-0.25, -0.2) is 4.79 Å². The largest absolute Gasteiger partial charge is 0.469 e. The SMILES string of the molecule is CCCC(=O)NC(Oc1c(C(=O)OCC)c(C)nc2ccccc12)C(C)C. The number of amides is 1. The van der Waals surface area contributed by atoms with Crippen LogP contribution in [0.4, 0.5) is 0 Å². The zero-order valence-electron chi connectivity index (χ0n) is 16.7. The Bertz CT molecular complexity index is 817. The van der Waals surface area contributed by atoms with Gasteiger partial charge in [-0.05, 0) is 32.4 Å². The van der Waals surface area contributed by atoms with Crippen LogP contribution in [0.1, 0.15) is 56.6 Å². The highest BCUT2D eigenvalue weighted by atomic mass is 16.5. The zero-order chi connectivity index (χ0) is 20.0. The molecule has 0 fully saturated rings. The fourth-order valence-corrected chi connectivity index (χ4v) is 2.78. The van der Waals surface area contributed by atoms with Gasteiger partial charge in [0.25, 0.3) is 0 Å². The Morgan fingerprint density at radius 1 is 1.19 bits per heavy atom. The van der Waals surface area contributed by atoms with E-state index in [1.807, 2.05) is 45.0 Å². The summed E-state index contributed by atoms with van der Waals surface area (Å²) in [7, 11) is 0. The number of benzene rings is 1. The van der Waals surface area contributed by atoms with E-state index in [0.717, 1.165) is 11.9 Å². The molecule has 0 radical (unpaired) electrons. The maximum atomic E-state index is 12.6. The van der Waals surface area contributed by atoms with Gasteiger partial charge in [-0.15, -0.1) is 0 Å². The Morgan fingerprint density at radius 3 is 2.52 bits per heavy atom. The molecule has 146 valence electrons. The summed E-state index contributed by atoms with van der Waals surface area (Å²) in [4.78, 5) is 29.2. The van der Waals surface area contributed by atoms with Crippen LogP contribution in [0, 0.1) is 12.8 Å². The average Bonchev–Trinajstić information content (AvgIpc) is 2.61. The topological polar surface area (TPSA) is 77.5 Å². The second-order valence-electron chi connectivity index (χ2n) is 6.74. The van der Waals surface area contributed by atoms with Crippen molar-refractivity contribution in [1.29, 1.82) is 0 Å². The number of hydrogen-bond acceptors (Lipinski definition) is 5. The number of carbonyl (C=O) groups excluding carboxylic acids is 2. The van der Waals surface area contributed by atoms with E-state index in [-0.39, 0.29) is 18.4 Å². The van der Waals surface area contributed by atoms with E-state index in [1.54, 1.807) is 13.8 Å². The maximum Gasteiger partial charge on any atom is 0.343 e. The number of aromatic nitrogens is 1. The molecule has 1 atom stereocenters. The van der Waals surface area contributed by atoms with Gasteiger partial charge in [0, 0.05) is 17.7 Å². The minimum Gasteiger partial charge on any atom is -0.469 e. The molecule has 1 amide bonds. The van der Waals surface area contributed by atoms with E-state index >= 15 is 0 Å². The van der Waals surface area contributed by atoms with Crippen molar-refractivity contribution < 1.29 is 19.1 Å². The number of esters is 1. The molecule has 0 bridgehead atoms. The predicted molar refractivity (Wildman–Crippen MR) is 105 cm³/mol. The molecule has 27 heavy (non-hydrogen) atoms. The summed E-state index contributed by atoms with van der Waals surface area (Å²) in [6.45, 7) is 9.62. The van der Waals surface area contributed by atoms with Crippen molar-refractivity contribution in [1.82, 2.24) is 10.3 Å². The van der Waals surface area contributed by atoms with Gasteiger partial charge >= 0.3 is 5.97 Å². The van der Waals surface area contributed by atoms with Crippen LogP contribution >= 0.6 is 0 Å². The fourth-order valence-electron chi connectivity index (χ4n) is 2.78. The van der Waals surface area contributed by atoms with Crippen molar-refractivity contribution in [2.75, 3.05) is 6.61 Å². The normalized spacial score (nSPS) is 12.1. The summed E-state index contributed by atoms with van der Waals surface area (Å²) in [6.07, 6.45) is 0.609. The van der Waals surface area contributed by atoms with Crippen LogP contribution in [0.15, 0.2) is 24.3 Å². The first kappa shape index (κ1) is 20.7. The molecule has 1 aromatic carbocycles. The highest BCUT2D eigenvalue weighted by Crippen LogP contribution is 2.32. The molecule has 6 heteroatoms. The van der Waals surface area contributed by atoms with Crippen LogP contribution in [0.2, 0.25) is 0 Å². The number of aryl methyl sites for hydroxylation is 1. The number of para-hydroxylation sites is 1. The van der Waals surface area contributed by atoms with E-state index in [1.165, 1.54) is 0 Å². The zero-order valence-corrected chi connectivity index (χ0v) is 16.7. The Morgan fingerprint density at radius 2 is 1.89 bits per heavy atom. The number of pyridine rings is 1. The van der Waals surface area contributed by atoms with Gasteiger partial charge in [-0.1, -0.05) is 32.9 Å². The van der Waals surface area contributed by atoms with Crippen LogP contribution in [-0.4, -0.2) is 29.7 Å². The number of carbonyl (C=O) groups is 2. The van der Waals surface area contributed by atoms with Gasteiger partial charge in [-0.3, -0.25) is 9.78 Å². The third-order valence-electron chi connectivity index (χ3n) is 4.14. The molecule has 0 saturated carbocycles. The molecule has 0 aliphatic carbocycles. The smallest absolute Gasteiger partial charge is 0.343 e. The Labute approximate surface area is 160 Å². The first-order valence-electron chi connectivity index (χ1n) is 9.41. The molecule has 1 heterocycles. The molecule has 1 unspecified atom stereocenters. The van der Waals surface area contributed by atoms with E-state index in [4.69, 9.17) is 9.47 Å². The number of fused-ring (bicyclic) bond motifs is 1. The second-order valence-corrected chi connectivity index (χ2v) is 6.74. The summed E-state index contributed by atoms with van der Waals surface area (Å²) >= 11 is 0. The summed E-state index contributed by atoms with van der Waals surface area (Å²) in [5, 5.41) is 3.62. The van der Waals surface area contributed by atoms with E-state index in [9.17, 15) is 9.59 Å². The quantitative estimate of drug-likeness (QED) is 0.560. The predicted octanol–water partition coefficient (Wildman–Crippen LogP) is 4.00. The average molecular weight is 372 g/mol. The minimum atomic E-state index is -0.567.